The molecule has 6 N–H and O–H groups in total. The third kappa shape index (κ3) is 2.80. The third-order valence-corrected chi connectivity index (χ3v) is 7.10. The van der Waals surface area contributed by atoms with E-state index >= 15 is 0 Å². The maximum Gasteiger partial charge on any atom is 0.172 e. The lowest BCUT2D eigenvalue weighted by molar-refractivity contribution is 0.0974. The van der Waals surface area contributed by atoms with E-state index in [-0.39, 0.29) is 23.4 Å². The van der Waals surface area contributed by atoms with Crippen LogP contribution in [0, 0.1) is 5.41 Å². The minimum atomic E-state index is 0.0514. The highest BCUT2D eigenvalue weighted by atomic mass is 35.5. The summed E-state index contributed by atoms with van der Waals surface area (Å²) in [5.41, 5.74) is 21.5. The fraction of sp³-hybridized carbons (Fsp3) is 0.450. The zero-order valence-corrected chi connectivity index (χ0v) is 17.5. The van der Waals surface area contributed by atoms with Crippen molar-refractivity contribution in [2.75, 3.05) is 36.1 Å². The predicted octanol–water partition coefficient (Wildman–Crippen LogP) is 1.94. The summed E-state index contributed by atoms with van der Waals surface area (Å²) in [5, 5.41) is 8.80. The number of nitrogens with two attached hydrogens (primary N) is 3. The molecule has 0 aromatic carbocycles. The maximum atomic E-state index is 6.49. The van der Waals surface area contributed by atoms with E-state index in [2.05, 4.69) is 27.0 Å². The number of nitrogens with zero attached hydrogens (tertiary/aromatic N) is 5. The molecule has 0 radical (unpaired) electrons. The Kier molecular flexibility index (Phi) is 4.49. The van der Waals surface area contributed by atoms with Crippen LogP contribution >= 0.6 is 11.6 Å². The summed E-state index contributed by atoms with van der Waals surface area (Å²) in [7, 11) is 0. The van der Waals surface area contributed by atoms with Crippen molar-refractivity contribution in [3.63, 3.8) is 0 Å². The number of halogens is 1. The van der Waals surface area contributed by atoms with Gasteiger partial charge < -0.3 is 26.8 Å². The SMILES string of the molecule is CC1OCC2(CCN(c3cc(N)c(-c4ccnc(N)c4Cl)c4nncn34)CC2)C1N. The van der Waals surface area contributed by atoms with E-state index in [9.17, 15) is 0 Å². The molecular weight excluding hydrogens is 404 g/mol. The molecule has 10 heteroatoms. The molecule has 0 saturated carbocycles. The normalized spacial score (nSPS) is 23.5. The van der Waals surface area contributed by atoms with Gasteiger partial charge in [0, 0.05) is 48.1 Å². The van der Waals surface area contributed by atoms with Crippen LogP contribution in [0.3, 0.4) is 0 Å². The molecule has 2 saturated heterocycles. The Balaban J connectivity index is 1.52. The number of pyridine rings is 2. The maximum absolute atomic E-state index is 6.49. The molecule has 1 spiro atoms. The first-order valence-corrected chi connectivity index (χ1v) is 10.4. The largest absolute Gasteiger partial charge is 0.398 e. The Labute approximate surface area is 179 Å². The second kappa shape index (κ2) is 6.97. The van der Waals surface area contributed by atoms with Crippen LogP contribution in [0.4, 0.5) is 17.3 Å². The topological polar surface area (TPSA) is 134 Å². The number of ether oxygens (including phenoxy) is 1. The number of piperidine rings is 1. The highest BCUT2D eigenvalue weighted by Gasteiger charge is 2.47. The van der Waals surface area contributed by atoms with Gasteiger partial charge in [0.2, 0.25) is 0 Å². The zero-order valence-electron chi connectivity index (χ0n) is 16.8. The summed E-state index contributed by atoms with van der Waals surface area (Å²) < 4.78 is 7.79. The molecule has 5 heterocycles. The van der Waals surface area contributed by atoms with Crippen LogP contribution in [-0.2, 0) is 4.74 Å². The van der Waals surface area contributed by atoms with Gasteiger partial charge in [-0.25, -0.2) is 4.98 Å². The van der Waals surface area contributed by atoms with E-state index in [4.69, 9.17) is 33.5 Å². The van der Waals surface area contributed by atoms with Crippen LogP contribution in [0.2, 0.25) is 5.02 Å². The van der Waals surface area contributed by atoms with Crippen LogP contribution in [0.25, 0.3) is 16.8 Å². The Hall–Kier alpha value is -2.62. The quantitative estimate of drug-likeness (QED) is 0.563. The van der Waals surface area contributed by atoms with E-state index in [1.807, 2.05) is 10.5 Å². The average Bonchev–Trinajstić information content (AvgIpc) is 3.32. The molecule has 0 bridgehead atoms. The molecule has 5 rings (SSSR count). The smallest absolute Gasteiger partial charge is 0.172 e. The molecule has 9 nitrogen and oxygen atoms in total. The van der Waals surface area contributed by atoms with Gasteiger partial charge in [0.1, 0.15) is 18.0 Å². The van der Waals surface area contributed by atoms with Crippen LogP contribution in [-0.4, -0.2) is 51.4 Å². The molecular formula is C20H25ClN8O. The molecule has 2 unspecified atom stereocenters. The van der Waals surface area contributed by atoms with Crippen molar-refractivity contribution in [1.82, 2.24) is 19.6 Å². The zero-order chi connectivity index (χ0) is 21.0. The Bertz CT molecular complexity index is 1110. The van der Waals surface area contributed by atoms with Crippen molar-refractivity contribution >= 4 is 34.6 Å². The van der Waals surface area contributed by atoms with Gasteiger partial charge in [-0.2, -0.15) is 0 Å². The van der Waals surface area contributed by atoms with Gasteiger partial charge >= 0.3 is 0 Å². The molecule has 2 aliphatic heterocycles. The summed E-state index contributed by atoms with van der Waals surface area (Å²) in [6.07, 6.45) is 5.35. The van der Waals surface area contributed by atoms with Crippen molar-refractivity contribution < 1.29 is 4.74 Å². The van der Waals surface area contributed by atoms with Crippen molar-refractivity contribution in [2.24, 2.45) is 11.1 Å². The van der Waals surface area contributed by atoms with Crippen LogP contribution < -0.4 is 22.1 Å². The minimum Gasteiger partial charge on any atom is -0.398 e. The van der Waals surface area contributed by atoms with Crippen LogP contribution in [0.1, 0.15) is 19.8 Å². The number of hydrogen-bond acceptors (Lipinski definition) is 8. The number of anilines is 3. The molecule has 0 amide bonds. The van der Waals surface area contributed by atoms with Crippen molar-refractivity contribution in [2.45, 2.75) is 31.9 Å². The lowest BCUT2D eigenvalue weighted by atomic mass is 9.73. The first-order chi connectivity index (χ1) is 14.4. The van der Waals surface area contributed by atoms with Crippen molar-refractivity contribution in [1.29, 1.82) is 0 Å². The number of fused-ring (bicyclic) bond motifs is 1. The number of hydrogen-bond donors (Lipinski definition) is 3. The summed E-state index contributed by atoms with van der Waals surface area (Å²) in [4.78, 5) is 6.34. The summed E-state index contributed by atoms with van der Waals surface area (Å²) >= 11 is 6.42. The fourth-order valence-corrected chi connectivity index (χ4v) is 5.02. The van der Waals surface area contributed by atoms with E-state index < -0.39 is 0 Å². The van der Waals surface area contributed by atoms with Gasteiger partial charge in [0.15, 0.2) is 5.65 Å². The van der Waals surface area contributed by atoms with Gasteiger partial charge in [-0.05, 0) is 25.8 Å². The monoisotopic (exact) mass is 428 g/mol. The molecule has 158 valence electrons. The predicted molar refractivity (Wildman–Crippen MR) is 117 cm³/mol. The molecule has 2 atom stereocenters. The Morgan fingerprint density at radius 3 is 2.73 bits per heavy atom. The van der Waals surface area contributed by atoms with Gasteiger partial charge in [0.05, 0.1) is 23.3 Å². The van der Waals surface area contributed by atoms with Crippen molar-refractivity contribution in [3.05, 3.63) is 29.7 Å². The fourth-order valence-electron chi connectivity index (χ4n) is 4.81. The average molecular weight is 429 g/mol. The first kappa shape index (κ1) is 19.3. The van der Waals surface area contributed by atoms with Gasteiger partial charge in [-0.15, -0.1) is 10.2 Å². The van der Waals surface area contributed by atoms with E-state index in [0.29, 0.717) is 27.5 Å². The molecule has 3 aromatic heterocycles. The molecule has 30 heavy (non-hydrogen) atoms. The second-order valence-corrected chi connectivity index (χ2v) is 8.68. The highest BCUT2D eigenvalue weighted by molar-refractivity contribution is 6.36. The molecule has 3 aromatic rings. The van der Waals surface area contributed by atoms with Gasteiger partial charge in [-0.3, -0.25) is 4.40 Å². The van der Waals surface area contributed by atoms with E-state index in [1.165, 1.54) is 0 Å². The number of nitrogen functional groups attached to an aromatic ring is 2. The minimum absolute atomic E-state index is 0.0514. The highest BCUT2D eigenvalue weighted by Crippen LogP contribution is 2.43. The Morgan fingerprint density at radius 2 is 2.03 bits per heavy atom. The van der Waals surface area contributed by atoms with E-state index in [0.717, 1.165) is 38.4 Å². The van der Waals surface area contributed by atoms with Gasteiger partial charge in [0.25, 0.3) is 0 Å². The Morgan fingerprint density at radius 1 is 1.27 bits per heavy atom. The third-order valence-electron chi connectivity index (χ3n) is 6.71. The second-order valence-electron chi connectivity index (χ2n) is 8.31. The first-order valence-electron chi connectivity index (χ1n) is 10.1. The summed E-state index contributed by atoms with van der Waals surface area (Å²) in [6.45, 7) is 4.51. The van der Waals surface area contributed by atoms with Crippen LogP contribution in [0.5, 0.6) is 0 Å². The van der Waals surface area contributed by atoms with E-state index in [1.54, 1.807) is 18.6 Å². The summed E-state index contributed by atoms with van der Waals surface area (Å²) in [5.74, 6) is 1.20. The van der Waals surface area contributed by atoms with Crippen LogP contribution in [0.15, 0.2) is 24.7 Å². The van der Waals surface area contributed by atoms with Crippen molar-refractivity contribution in [3.8, 4) is 11.1 Å². The molecule has 2 fully saturated rings. The lowest BCUT2D eigenvalue weighted by Crippen LogP contribution is -2.50. The molecule has 2 aliphatic rings. The lowest BCUT2D eigenvalue weighted by Gasteiger charge is -2.42. The number of aromatic nitrogens is 4. The molecule has 0 aliphatic carbocycles. The number of rotatable bonds is 2. The summed E-state index contributed by atoms with van der Waals surface area (Å²) in [6, 6.07) is 3.80. The standard InChI is InChI=1S/C20H25ClN8O/c1-11-17(23)20(9-30-11)3-6-28(7-4-20)14-8-13(22)15(19-27-26-10-29(14)19)12-2-5-25-18(24)16(12)21/h2,5,8,10-11,17H,3-4,6-7,9,22-23H2,1H3,(H2,24,25). The van der Waals surface area contributed by atoms with Gasteiger partial charge in [-0.1, -0.05) is 11.6 Å².